The van der Waals surface area contributed by atoms with Crippen molar-refractivity contribution in [2.45, 2.75) is 62.3 Å². The summed E-state index contributed by atoms with van der Waals surface area (Å²) in [4.78, 5) is 0. The van der Waals surface area contributed by atoms with Crippen LogP contribution in [0.5, 0.6) is 0 Å². The van der Waals surface area contributed by atoms with E-state index in [1.165, 1.54) is 44.5 Å². The quantitative estimate of drug-likeness (QED) is 0.160. The van der Waals surface area contributed by atoms with Crippen molar-refractivity contribution in [2.24, 2.45) is 0 Å². The first-order chi connectivity index (χ1) is 36.2. The molecule has 0 bridgehead atoms. The fourth-order valence-corrected chi connectivity index (χ4v) is 12.1. The summed E-state index contributed by atoms with van der Waals surface area (Å²) in [5.41, 5.74) is 28.3. The first-order valence-electron chi connectivity index (χ1n) is 25.8. The molecule has 12 aromatic rings. The third-order valence-electron chi connectivity index (χ3n) is 15.1. The van der Waals surface area contributed by atoms with E-state index in [9.17, 15) is 10.5 Å². The van der Waals surface area contributed by atoms with Crippen LogP contribution < -0.4 is 0 Å². The normalized spacial score (nSPS) is 11.5. The van der Waals surface area contributed by atoms with Gasteiger partial charge in [-0.25, -0.2) is 0 Å². The number of nitriles is 2. The molecule has 0 aliphatic rings. The Labute approximate surface area is 439 Å². The molecule has 4 nitrogen and oxygen atoms in total. The van der Waals surface area contributed by atoms with Gasteiger partial charge < -0.3 is 9.13 Å². The first kappa shape index (κ1) is 46.8. The van der Waals surface area contributed by atoms with E-state index >= 15 is 0 Å². The van der Waals surface area contributed by atoms with Crippen molar-refractivity contribution in [1.29, 1.82) is 10.5 Å². The topological polar surface area (TPSA) is 57.4 Å². The number of hydrogen-bond donors (Lipinski definition) is 0. The number of hydrogen-bond acceptors (Lipinski definition) is 2. The monoisotopic (exact) mass is 964 g/mol. The lowest BCUT2D eigenvalue weighted by molar-refractivity contribution is 1.12. The summed E-state index contributed by atoms with van der Waals surface area (Å²) in [6, 6.07) is 69.8. The van der Waals surface area contributed by atoms with Crippen LogP contribution in [0.1, 0.15) is 61.2 Å². The molecule has 0 fully saturated rings. The van der Waals surface area contributed by atoms with Gasteiger partial charge >= 0.3 is 0 Å². The van der Waals surface area contributed by atoms with Crippen LogP contribution >= 0.6 is 0 Å². The lowest BCUT2D eigenvalue weighted by Crippen LogP contribution is -2.06. The maximum Gasteiger partial charge on any atom is 0.104 e. The summed E-state index contributed by atoms with van der Waals surface area (Å²) in [6.07, 6.45) is 0. The second kappa shape index (κ2) is 18.1. The van der Waals surface area contributed by atoms with Gasteiger partial charge in [0.1, 0.15) is 11.6 Å². The summed E-state index contributed by atoms with van der Waals surface area (Å²) < 4.78 is 4.70. The third kappa shape index (κ3) is 8.26. The molecule has 0 aliphatic carbocycles. The zero-order valence-electron chi connectivity index (χ0n) is 44.0. The molecule has 12 rings (SSSR count). The predicted octanol–water partition coefficient (Wildman–Crippen LogP) is 18.7. The third-order valence-corrected chi connectivity index (χ3v) is 15.1. The van der Waals surface area contributed by atoms with E-state index in [2.05, 4.69) is 247 Å². The van der Waals surface area contributed by atoms with E-state index in [-0.39, 0.29) is 0 Å². The smallest absolute Gasteiger partial charge is 0.104 e. The summed E-state index contributed by atoms with van der Waals surface area (Å²) in [7, 11) is 0. The van der Waals surface area contributed by atoms with Gasteiger partial charge in [-0.05, 0) is 172 Å². The standard InChI is InChI=1S/C71H56N4/c1-41-20-42(2)25-55(24-41)51-11-16-61-62-17-12-52(56-26-43(3)21-44(4)27-56)34-67(62)74(66(61)33-51)70-37-59(60-15-10-50(39-72)32-49(60)9)38-71(65(70)40-73)75-68-35-53(57-28-45(5)22-46(6)29-57)13-18-63(68)64-19-14-54(36-69(64)75)58-30-47(7)23-48(8)31-58/h10-38H,1-9H3. The molecule has 0 spiro atoms. The molecule has 0 radical (unpaired) electrons. The zero-order chi connectivity index (χ0) is 52.0. The SMILES string of the molecule is Cc1cc(C)cc(-c2ccc3c4ccc(-c5cc(C)cc(C)c5)cc4n(-c4cc(-c5ccc(C#N)cc5C)cc(-n5c6cc(-c7cc(C)cc(C)c7)ccc6c6ccc(-c7cc(C)cc(C)c7)cc65)c4C#N)c3c2)c1. The Morgan fingerprint density at radius 3 is 0.853 bits per heavy atom. The molecule has 0 saturated heterocycles. The average Bonchev–Trinajstić information content (AvgIpc) is 3.89. The summed E-state index contributed by atoms with van der Waals surface area (Å²) >= 11 is 0. The number of rotatable bonds is 7. The number of fused-ring (bicyclic) bond motifs is 6. The first-order valence-corrected chi connectivity index (χ1v) is 25.8. The molecule has 10 aromatic carbocycles. The highest BCUT2D eigenvalue weighted by Gasteiger charge is 2.25. The number of aryl methyl sites for hydroxylation is 9. The van der Waals surface area contributed by atoms with Crippen LogP contribution in [0.2, 0.25) is 0 Å². The summed E-state index contributed by atoms with van der Waals surface area (Å²) in [6.45, 7) is 19.3. The molecule has 2 aromatic heterocycles. The Morgan fingerprint density at radius 2 is 0.587 bits per heavy atom. The minimum atomic E-state index is 0.546. The Balaban J connectivity index is 1.25. The molecular formula is C71H56N4. The van der Waals surface area contributed by atoms with Gasteiger partial charge in [-0.3, -0.25) is 0 Å². The van der Waals surface area contributed by atoms with E-state index in [1.54, 1.807) is 0 Å². The van der Waals surface area contributed by atoms with Gasteiger partial charge in [0.2, 0.25) is 0 Å². The van der Waals surface area contributed by atoms with Crippen LogP contribution in [0.3, 0.4) is 0 Å². The van der Waals surface area contributed by atoms with E-state index in [0.29, 0.717) is 11.1 Å². The zero-order valence-corrected chi connectivity index (χ0v) is 44.0. The number of aromatic nitrogens is 2. The highest BCUT2D eigenvalue weighted by molar-refractivity contribution is 6.13. The van der Waals surface area contributed by atoms with Crippen molar-refractivity contribution in [3.63, 3.8) is 0 Å². The average molecular weight is 965 g/mol. The number of benzene rings is 10. The minimum Gasteiger partial charge on any atom is -0.308 e. The van der Waals surface area contributed by atoms with Crippen LogP contribution in [0.15, 0.2) is 176 Å². The maximum absolute atomic E-state index is 12.1. The van der Waals surface area contributed by atoms with Gasteiger partial charge in [-0.2, -0.15) is 10.5 Å². The lowest BCUT2D eigenvalue weighted by Gasteiger charge is -2.20. The Hall–Kier alpha value is -9.22. The van der Waals surface area contributed by atoms with Crippen LogP contribution in [-0.4, -0.2) is 9.13 Å². The van der Waals surface area contributed by atoms with Crippen molar-refractivity contribution in [1.82, 2.24) is 9.13 Å². The summed E-state index contributed by atoms with van der Waals surface area (Å²) in [5.74, 6) is 0. The van der Waals surface area contributed by atoms with E-state index in [4.69, 9.17) is 0 Å². The van der Waals surface area contributed by atoms with Gasteiger partial charge in [-0.1, -0.05) is 172 Å². The second-order valence-electron chi connectivity index (χ2n) is 21.2. The predicted molar refractivity (Wildman–Crippen MR) is 314 cm³/mol. The van der Waals surface area contributed by atoms with Crippen LogP contribution in [0, 0.1) is 85.0 Å². The minimum absolute atomic E-state index is 0.546. The molecule has 75 heavy (non-hydrogen) atoms. The molecule has 0 N–H and O–H groups in total. The molecule has 360 valence electrons. The van der Waals surface area contributed by atoms with Gasteiger partial charge in [0, 0.05) is 21.5 Å². The van der Waals surface area contributed by atoms with Crippen LogP contribution in [0.4, 0.5) is 0 Å². The van der Waals surface area contributed by atoms with Gasteiger partial charge in [0.15, 0.2) is 0 Å². The number of nitrogens with zero attached hydrogens (tertiary/aromatic N) is 4. The molecular weight excluding hydrogens is 909 g/mol. The lowest BCUT2D eigenvalue weighted by atomic mass is 9.95. The fourth-order valence-electron chi connectivity index (χ4n) is 12.1. The van der Waals surface area contributed by atoms with E-state index < -0.39 is 0 Å². The van der Waals surface area contributed by atoms with Crippen molar-refractivity contribution in [3.05, 3.63) is 237 Å². The Bertz CT molecular complexity index is 3940. The maximum atomic E-state index is 12.1. The van der Waals surface area contributed by atoms with Crippen LogP contribution in [-0.2, 0) is 0 Å². The van der Waals surface area contributed by atoms with E-state index in [0.717, 1.165) is 116 Å². The molecule has 0 atom stereocenters. The van der Waals surface area contributed by atoms with Crippen molar-refractivity contribution in [3.8, 4) is 79.1 Å². The largest absolute Gasteiger partial charge is 0.308 e. The molecule has 4 heteroatoms. The fraction of sp³-hybridized carbons (Fsp3) is 0.127. The second-order valence-corrected chi connectivity index (χ2v) is 21.2. The summed E-state index contributed by atoms with van der Waals surface area (Å²) in [5, 5.41) is 26.6. The van der Waals surface area contributed by atoms with Crippen molar-refractivity contribution in [2.75, 3.05) is 0 Å². The molecule has 2 heterocycles. The highest BCUT2D eigenvalue weighted by atomic mass is 15.0. The Morgan fingerprint density at radius 1 is 0.280 bits per heavy atom. The van der Waals surface area contributed by atoms with E-state index in [1.807, 2.05) is 12.1 Å². The Kier molecular flexibility index (Phi) is 11.3. The molecule has 0 unspecified atom stereocenters. The van der Waals surface area contributed by atoms with Gasteiger partial charge in [-0.15, -0.1) is 0 Å². The van der Waals surface area contributed by atoms with Crippen molar-refractivity contribution < 1.29 is 0 Å². The van der Waals surface area contributed by atoms with Gasteiger partial charge in [0.05, 0.1) is 45.1 Å². The highest BCUT2D eigenvalue weighted by Crippen LogP contribution is 2.44. The van der Waals surface area contributed by atoms with Crippen molar-refractivity contribution >= 4 is 43.6 Å². The van der Waals surface area contributed by atoms with Crippen LogP contribution in [0.25, 0.3) is 111 Å². The molecule has 0 saturated carbocycles. The molecule has 0 aliphatic heterocycles. The molecule has 0 amide bonds. The van der Waals surface area contributed by atoms with Gasteiger partial charge in [0.25, 0.3) is 0 Å².